The highest BCUT2D eigenvalue weighted by molar-refractivity contribution is 7.85. The Hall–Kier alpha value is -1.48. The number of aromatic nitrogens is 3. The molecule has 1 heterocycles. The van der Waals surface area contributed by atoms with Gasteiger partial charge in [0.1, 0.15) is 0 Å². The van der Waals surface area contributed by atoms with Crippen LogP contribution in [0.3, 0.4) is 0 Å². The van der Waals surface area contributed by atoms with Crippen molar-refractivity contribution >= 4 is 45.0 Å². The summed E-state index contributed by atoms with van der Waals surface area (Å²) >= 11 is 11.2. The summed E-state index contributed by atoms with van der Waals surface area (Å²) in [5.74, 6) is 0.115. The molecule has 0 aliphatic rings. The lowest BCUT2D eigenvalue weighted by Crippen LogP contribution is -2.01. The van der Waals surface area contributed by atoms with E-state index in [1.54, 1.807) is 0 Å². The van der Waals surface area contributed by atoms with E-state index >= 15 is 0 Å². The summed E-state index contributed by atoms with van der Waals surface area (Å²) in [7, 11) is -4.22. The van der Waals surface area contributed by atoms with E-state index in [0.717, 1.165) is 0 Å². The molecule has 0 unspecified atom stereocenters. The van der Waals surface area contributed by atoms with Crippen molar-refractivity contribution in [2.24, 2.45) is 0 Å². The standard InChI is InChI=1S/C9H6Cl2N4O3S/c10-7-13-8(11)15-9(14-7)12-5-1-3-6(4-2-5)19(16,17)18/h1-4H,(H,16,17,18)(H,12,13,14,15). The van der Waals surface area contributed by atoms with Crippen molar-refractivity contribution in [3.63, 3.8) is 0 Å². The van der Waals surface area contributed by atoms with E-state index in [2.05, 4.69) is 20.3 Å². The summed E-state index contributed by atoms with van der Waals surface area (Å²) in [5.41, 5.74) is 0.491. The number of benzene rings is 1. The van der Waals surface area contributed by atoms with Crippen molar-refractivity contribution in [1.29, 1.82) is 0 Å². The number of anilines is 2. The van der Waals surface area contributed by atoms with Crippen LogP contribution in [0.5, 0.6) is 0 Å². The van der Waals surface area contributed by atoms with Gasteiger partial charge >= 0.3 is 0 Å². The van der Waals surface area contributed by atoms with E-state index < -0.39 is 10.1 Å². The maximum atomic E-state index is 10.9. The number of nitrogens with one attached hydrogen (secondary N) is 1. The molecule has 7 nitrogen and oxygen atoms in total. The van der Waals surface area contributed by atoms with Crippen molar-refractivity contribution in [3.05, 3.63) is 34.8 Å². The number of hydrogen-bond acceptors (Lipinski definition) is 6. The minimum atomic E-state index is -4.22. The second-order valence-electron chi connectivity index (χ2n) is 3.32. The van der Waals surface area contributed by atoms with Crippen LogP contribution in [0, 0.1) is 0 Å². The molecule has 10 heteroatoms. The van der Waals surface area contributed by atoms with E-state index in [0.29, 0.717) is 5.69 Å². The van der Waals surface area contributed by atoms with E-state index in [4.69, 9.17) is 27.8 Å². The fourth-order valence-corrected chi connectivity index (χ4v) is 2.06. The predicted octanol–water partition coefficient (Wildman–Crippen LogP) is 2.17. The number of nitrogens with zero attached hydrogens (tertiary/aromatic N) is 3. The second kappa shape index (κ2) is 5.25. The van der Waals surface area contributed by atoms with Crippen LogP contribution in [-0.2, 0) is 10.1 Å². The summed E-state index contributed by atoms with van der Waals surface area (Å²) in [6, 6.07) is 5.30. The molecule has 2 rings (SSSR count). The van der Waals surface area contributed by atoms with Gasteiger partial charge < -0.3 is 5.32 Å². The van der Waals surface area contributed by atoms with Gasteiger partial charge in [-0.25, -0.2) is 0 Å². The van der Waals surface area contributed by atoms with Gasteiger partial charge in [-0.2, -0.15) is 23.4 Å². The van der Waals surface area contributed by atoms with Crippen molar-refractivity contribution in [2.75, 3.05) is 5.32 Å². The van der Waals surface area contributed by atoms with Crippen LogP contribution in [0.2, 0.25) is 10.6 Å². The molecule has 0 aliphatic carbocycles. The van der Waals surface area contributed by atoms with Crippen LogP contribution < -0.4 is 5.32 Å². The van der Waals surface area contributed by atoms with Gasteiger partial charge in [-0.1, -0.05) is 0 Å². The molecule has 0 radical (unpaired) electrons. The fourth-order valence-electron chi connectivity index (χ4n) is 1.22. The lowest BCUT2D eigenvalue weighted by molar-refractivity contribution is 0.483. The first-order chi connectivity index (χ1) is 8.84. The van der Waals surface area contributed by atoms with E-state index in [-0.39, 0.29) is 21.4 Å². The molecule has 1 aromatic heterocycles. The Bertz CT molecular complexity index is 686. The molecule has 0 amide bonds. The minimum absolute atomic E-state index is 0.0722. The molecule has 0 saturated carbocycles. The Kier molecular flexibility index (Phi) is 3.85. The van der Waals surface area contributed by atoms with Gasteiger partial charge in [0.05, 0.1) is 4.90 Å². The molecular formula is C9H6Cl2N4O3S. The molecule has 2 aromatic rings. The summed E-state index contributed by atoms with van der Waals surface area (Å²) in [6.45, 7) is 0. The quantitative estimate of drug-likeness (QED) is 0.835. The predicted molar refractivity (Wildman–Crippen MR) is 69.4 cm³/mol. The Morgan fingerprint density at radius 1 is 1.00 bits per heavy atom. The number of rotatable bonds is 3. The third-order valence-corrected chi connectivity index (χ3v) is 3.20. The van der Waals surface area contributed by atoms with Crippen LogP contribution in [0.15, 0.2) is 29.2 Å². The first kappa shape index (κ1) is 13.9. The molecular weight excluding hydrogens is 315 g/mol. The van der Waals surface area contributed by atoms with E-state index in [1.165, 1.54) is 24.3 Å². The van der Waals surface area contributed by atoms with E-state index in [9.17, 15) is 8.42 Å². The fraction of sp³-hybridized carbons (Fsp3) is 0. The van der Waals surface area contributed by atoms with Gasteiger partial charge in [-0.05, 0) is 47.5 Å². The Balaban J connectivity index is 2.24. The summed E-state index contributed by atoms with van der Waals surface area (Å²) in [4.78, 5) is 10.9. The maximum Gasteiger partial charge on any atom is 0.294 e. The van der Waals surface area contributed by atoms with Crippen molar-refractivity contribution < 1.29 is 13.0 Å². The first-order valence-electron chi connectivity index (χ1n) is 4.76. The second-order valence-corrected chi connectivity index (χ2v) is 5.42. The molecule has 0 bridgehead atoms. The summed E-state index contributed by atoms with van der Waals surface area (Å²) in [5, 5.41) is 2.61. The zero-order valence-electron chi connectivity index (χ0n) is 9.08. The summed E-state index contributed by atoms with van der Waals surface area (Å²) in [6.07, 6.45) is 0. The van der Waals surface area contributed by atoms with Gasteiger partial charge in [-0.3, -0.25) is 4.55 Å². The largest absolute Gasteiger partial charge is 0.324 e. The number of hydrogen-bond donors (Lipinski definition) is 2. The monoisotopic (exact) mass is 320 g/mol. The molecule has 100 valence electrons. The molecule has 0 fully saturated rings. The van der Waals surface area contributed by atoms with Crippen LogP contribution in [0.4, 0.5) is 11.6 Å². The lowest BCUT2D eigenvalue weighted by atomic mass is 10.3. The van der Waals surface area contributed by atoms with Gasteiger partial charge in [-0.15, -0.1) is 0 Å². The molecule has 2 N–H and O–H groups in total. The van der Waals surface area contributed by atoms with Crippen LogP contribution in [0.25, 0.3) is 0 Å². The van der Waals surface area contributed by atoms with E-state index in [1.807, 2.05) is 0 Å². The third-order valence-electron chi connectivity index (χ3n) is 1.99. The SMILES string of the molecule is O=S(=O)(O)c1ccc(Nc2nc(Cl)nc(Cl)n2)cc1. The average molecular weight is 321 g/mol. The average Bonchev–Trinajstić information content (AvgIpc) is 2.26. The Morgan fingerprint density at radius 2 is 1.53 bits per heavy atom. The summed E-state index contributed by atoms with van der Waals surface area (Å²) < 4.78 is 30.5. The topological polar surface area (TPSA) is 105 Å². The lowest BCUT2D eigenvalue weighted by Gasteiger charge is -2.05. The van der Waals surface area contributed by atoms with Gasteiger partial charge in [0.25, 0.3) is 10.1 Å². The highest BCUT2D eigenvalue weighted by Gasteiger charge is 2.09. The molecule has 19 heavy (non-hydrogen) atoms. The zero-order valence-corrected chi connectivity index (χ0v) is 11.4. The Morgan fingerprint density at radius 3 is 2.00 bits per heavy atom. The minimum Gasteiger partial charge on any atom is -0.324 e. The third kappa shape index (κ3) is 3.74. The maximum absolute atomic E-state index is 10.9. The van der Waals surface area contributed by atoms with Crippen molar-refractivity contribution in [2.45, 2.75) is 4.90 Å². The first-order valence-corrected chi connectivity index (χ1v) is 6.96. The van der Waals surface area contributed by atoms with Gasteiger partial charge in [0.2, 0.25) is 16.5 Å². The van der Waals surface area contributed by atoms with Crippen LogP contribution in [0.1, 0.15) is 0 Å². The Labute approximate surface area is 118 Å². The van der Waals surface area contributed by atoms with Crippen LogP contribution in [-0.4, -0.2) is 27.9 Å². The molecule has 0 aliphatic heterocycles. The van der Waals surface area contributed by atoms with Crippen molar-refractivity contribution in [3.8, 4) is 0 Å². The molecule has 0 spiro atoms. The molecule has 1 aromatic carbocycles. The molecule has 0 atom stereocenters. The van der Waals surface area contributed by atoms with Gasteiger partial charge in [0, 0.05) is 5.69 Å². The highest BCUT2D eigenvalue weighted by Crippen LogP contribution is 2.18. The van der Waals surface area contributed by atoms with Crippen LogP contribution >= 0.6 is 23.2 Å². The van der Waals surface area contributed by atoms with Crippen molar-refractivity contribution in [1.82, 2.24) is 15.0 Å². The van der Waals surface area contributed by atoms with Gasteiger partial charge in [0.15, 0.2) is 0 Å². The normalized spacial score (nSPS) is 11.3. The number of halogens is 2. The highest BCUT2D eigenvalue weighted by atomic mass is 35.5. The molecule has 0 saturated heterocycles. The zero-order chi connectivity index (χ0) is 14.0. The smallest absolute Gasteiger partial charge is 0.294 e.